The molecule has 0 aromatic carbocycles. The van der Waals surface area contributed by atoms with E-state index in [-0.39, 0.29) is 17.9 Å². The van der Waals surface area contributed by atoms with Gasteiger partial charge in [0.25, 0.3) is 0 Å². The van der Waals surface area contributed by atoms with Crippen LogP contribution in [0.25, 0.3) is 0 Å². The summed E-state index contributed by atoms with van der Waals surface area (Å²) in [6.07, 6.45) is 2.96. The van der Waals surface area contributed by atoms with E-state index in [4.69, 9.17) is 4.74 Å². The Morgan fingerprint density at radius 2 is 2.31 bits per heavy atom. The molecule has 1 aliphatic heterocycles. The van der Waals surface area contributed by atoms with Gasteiger partial charge in [0.15, 0.2) is 0 Å². The van der Waals surface area contributed by atoms with Gasteiger partial charge in [0, 0.05) is 13.2 Å². The fraction of sp³-hybridized carbons (Fsp3) is 0.900. The van der Waals surface area contributed by atoms with Crippen LogP contribution in [0.15, 0.2) is 0 Å². The number of ether oxygens (including phenoxy) is 1. The van der Waals surface area contributed by atoms with Gasteiger partial charge in [0.05, 0.1) is 12.0 Å². The van der Waals surface area contributed by atoms with Gasteiger partial charge in [-0.2, -0.15) is 0 Å². The number of hydrogen-bond acceptors (Lipinski definition) is 2. The van der Waals surface area contributed by atoms with E-state index in [0.29, 0.717) is 0 Å². The van der Waals surface area contributed by atoms with E-state index >= 15 is 0 Å². The van der Waals surface area contributed by atoms with Crippen LogP contribution in [-0.2, 0) is 9.53 Å². The zero-order valence-electron chi connectivity index (χ0n) is 8.51. The lowest BCUT2D eigenvalue weighted by molar-refractivity contribution is -0.126. The number of amides is 1. The summed E-state index contributed by atoms with van der Waals surface area (Å²) in [5.74, 6) is 0.266. The molecule has 3 nitrogen and oxygen atoms in total. The van der Waals surface area contributed by atoms with Gasteiger partial charge in [-0.05, 0) is 19.3 Å². The first kappa shape index (κ1) is 10.5. The summed E-state index contributed by atoms with van der Waals surface area (Å²) in [4.78, 5) is 11.6. The minimum absolute atomic E-state index is 0.0940. The van der Waals surface area contributed by atoms with Crippen molar-refractivity contribution in [2.24, 2.45) is 5.92 Å². The van der Waals surface area contributed by atoms with E-state index in [2.05, 4.69) is 19.2 Å². The van der Waals surface area contributed by atoms with Crippen LogP contribution in [0.1, 0.15) is 33.1 Å². The van der Waals surface area contributed by atoms with Crippen LogP contribution in [0.3, 0.4) is 0 Å². The van der Waals surface area contributed by atoms with Crippen molar-refractivity contribution in [1.29, 1.82) is 0 Å². The van der Waals surface area contributed by atoms with Gasteiger partial charge in [-0.25, -0.2) is 0 Å². The molecule has 0 bridgehead atoms. The third kappa shape index (κ3) is 2.69. The lowest BCUT2D eigenvalue weighted by Gasteiger charge is -2.15. The molecule has 1 amide bonds. The first-order chi connectivity index (χ1) is 6.29. The predicted molar refractivity (Wildman–Crippen MR) is 51.4 cm³/mol. The third-order valence-electron chi connectivity index (χ3n) is 2.50. The van der Waals surface area contributed by atoms with Crippen LogP contribution in [-0.4, -0.2) is 25.2 Å². The molecule has 1 heterocycles. The molecule has 1 saturated heterocycles. The maximum Gasteiger partial charge on any atom is 0.225 e. The van der Waals surface area contributed by atoms with E-state index in [9.17, 15) is 4.79 Å². The second kappa shape index (κ2) is 5.22. The maximum absolute atomic E-state index is 11.6. The molecule has 0 saturated carbocycles. The fourth-order valence-corrected chi connectivity index (χ4v) is 1.73. The molecule has 0 aromatic heterocycles. The average molecular weight is 185 g/mol. The van der Waals surface area contributed by atoms with Gasteiger partial charge in [-0.15, -0.1) is 0 Å². The number of hydrogen-bond donors (Lipinski definition) is 1. The largest absolute Gasteiger partial charge is 0.377 e. The first-order valence-corrected chi connectivity index (χ1v) is 5.18. The van der Waals surface area contributed by atoms with Crippen LogP contribution in [0.4, 0.5) is 0 Å². The minimum atomic E-state index is 0.0940. The molecule has 0 aromatic rings. The molecule has 1 aliphatic rings. The van der Waals surface area contributed by atoms with Crippen molar-refractivity contribution < 1.29 is 9.53 Å². The zero-order chi connectivity index (χ0) is 9.68. The van der Waals surface area contributed by atoms with Crippen LogP contribution >= 0.6 is 0 Å². The molecule has 0 spiro atoms. The van der Waals surface area contributed by atoms with Crippen LogP contribution in [0.5, 0.6) is 0 Å². The van der Waals surface area contributed by atoms with Crippen LogP contribution in [0, 0.1) is 5.92 Å². The Morgan fingerprint density at radius 3 is 2.92 bits per heavy atom. The Labute approximate surface area is 79.8 Å². The van der Waals surface area contributed by atoms with Gasteiger partial charge >= 0.3 is 0 Å². The predicted octanol–water partition coefficient (Wildman–Crippen LogP) is 1.33. The normalized spacial score (nSPS) is 27.5. The molecular weight excluding hydrogens is 166 g/mol. The van der Waals surface area contributed by atoms with Crippen LogP contribution < -0.4 is 5.32 Å². The highest BCUT2D eigenvalue weighted by atomic mass is 16.5. The number of nitrogens with one attached hydrogen (secondary N) is 1. The van der Waals surface area contributed by atoms with Gasteiger partial charge < -0.3 is 10.1 Å². The van der Waals surface area contributed by atoms with Gasteiger partial charge in [0.2, 0.25) is 5.91 Å². The van der Waals surface area contributed by atoms with E-state index in [1.54, 1.807) is 0 Å². The highest BCUT2D eigenvalue weighted by Gasteiger charge is 2.32. The molecule has 76 valence electrons. The minimum Gasteiger partial charge on any atom is -0.377 e. The molecular formula is C10H19NO2. The Hall–Kier alpha value is -0.570. The zero-order valence-corrected chi connectivity index (χ0v) is 8.51. The van der Waals surface area contributed by atoms with E-state index in [1.165, 1.54) is 0 Å². The highest BCUT2D eigenvalue weighted by Crippen LogP contribution is 2.23. The fourth-order valence-electron chi connectivity index (χ4n) is 1.73. The van der Waals surface area contributed by atoms with E-state index in [0.717, 1.165) is 32.4 Å². The Kier molecular flexibility index (Phi) is 4.22. The molecule has 1 N–H and O–H groups in total. The van der Waals surface area contributed by atoms with Crippen molar-refractivity contribution in [3.63, 3.8) is 0 Å². The van der Waals surface area contributed by atoms with Crippen molar-refractivity contribution in [3.8, 4) is 0 Å². The topological polar surface area (TPSA) is 38.3 Å². The summed E-state index contributed by atoms with van der Waals surface area (Å²) in [7, 11) is 0. The summed E-state index contributed by atoms with van der Waals surface area (Å²) < 4.78 is 5.45. The summed E-state index contributed by atoms with van der Waals surface area (Å²) >= 11 is 0. The number of carbonyl (C=O) groups excluding carboxylic acids is 1. The molecule has 0 aliphatic carbocycles. The maximum atomic E-state index is 11.6. The van der Waals surface area contributed by atoms with Crippen molar-refractivity contribution in [3.05, 3.63) is 0 Å². The summed E-state index contributed by atoms with van der Waals surface area (Å²) in [6, 6.07) is 0. The van der Waals surface area contributed by atoms with Gasteiger partial charge in [-0.3, -0.25) is 4.79 Å². The second-order valence-electron chi connectivity index (χ2n) is 3.50. The molecule has 3 heteroatoms. The monoisotopic (exact) mass is 185 g/mol. The Morgan fingerprint density at radius 1 is 1.54 bits per heavy atom. The molecule has 13 heavy (non-hydrogen) atoms. The lowest BCUT2D eigenvalue weighted by Crippen LogP contribution is -2.35. The lowest BCUT2D eigenvalue weighted by atomic mass is 9.99. The van der Waals surface area contributed by atoms with Crippen molar-refractivity contribution >= 4 is 5.91 Å². The summed E-state index contributed by atoms with van der Waals surface area (Å²) in [6.45, 7) is 5.65. The molecule has 2 unspecified atom stereocenters. The average Bonchev–Trinajstić information content (AvgIpc) is 2.61. The van der Waals surface area contributed by atoms with E-state index in [1.807, 2.05) is 0 Å². The quantitative estimate of drug-likeness (QED) is 0.717. The third-order valence-corrected chi connectivity index (χ3v) is 2.50. The molecule has 0 radical (unpaired) electrons. The molecule has 2 atom stereocenters. The smallest absolute Gasteiger partial charge is 0.225 e. The Balaban J connectivity index is 2.36. The Bertz CT molecular complexity index is 170. The SMILES string of the molecule is CCCNC(=O)C1CCOC1CC. The summed E-state index contributed by atoms with van der Waals surface area (Å²) in [5.41, 5.74) is 0. The number of rotatable bonds is 4. The second-order valence-corrected chi connectivity index (χ2v) is 3.50. The van der Waals surface area contributed by atoms with Crippen molar-refractivity contribution in [2.45, 2.75) is 39.2 Å². The van der Waals surface area contributed by atoms with Gasteiger partial charge in [0.1, 0.15) is 0 Å². The molecule has 1 fully saturated rings. The van der Waals surface area contributed by atoms with Crippen molar-refractivity contribution in [1.82, 2.24) is 5.32 Å². The first-order valence-electron chi connectivity index (χ1n) is 5.18. The van der Waals surface area contributed by atoms with E-state index < -0.39 is 0 Å². The van der Waals surface area contributed by atoms with Crippen molar-refractivity contribution in [2.75, 3.05) is 13.2 Å². The number of carbonyl (C=O) groups is 1. The van der Waals surface area contributed by atoms with Gasteiger partial charge in [-0.1, -0.05) is 13.8 Å². The highest BCUT2D eigenvalue weighted by molar-refractivity contribution is 5.79. The van der Waals surface area contributed by atoms with Crippen LogP contribution in [0.2, 0.25) is 0 Å². The molecule has 1 rings (SSSR count). The standard InChI is InChI=1S/C10H19NO2/c1-3-6-11-10(12)8-5-7-13-9(8)4-2/h8-9H,3-7H2,1-2H3,(H,11,12). The summed E-state index contributed by atoms with van der Waals surface area (Å²) in [5, 5.41) is 2.92.